The van der Waals surface area contributed by atoms with Crippen LogP contribution in [0.25, 0.3) is 6.08 Å². The minimum absolute atomic E-state index is 0. The highest BCUT2D eigenvalue weighted by molar-refractivity contribution is 6.53. The predicted molar refractivity (Wildman–Crippen MR) is 139 cm³/mol. The maximum atomic E-state index is 13.6. The lowest BCUT2D eigenvalue weighted by molar-refractivity contribution is 0.0285. The Balaban J connectivity index is 0.00000512. The third kappa shape index (κ3) is 6.35. The van der Waals surface area contributed by atoms with E-state index in [1.165, 1.54) is 5.01 Å². The molecule has 2 rings (SSSR count). The molecule has 32 heavy (non-hydrogen) atoms. The normalized spacial score (nSPS) is 11.7. The summed E-state index contributed by atoms with van der Waals surface area (Å²) in [6.45, 7) is 18.1. The molecule has 0 bridgehead atoms. The number of carbonyl (C=O) groups excluding carboxylic acids is 2. The molecule has 0 aromatic heterocycles. The van der Waals surface area contributed by atoms with E-state index in [-0.39, 0.29) is 30.7 Å². The van der Waals surface area contributed by atoms with Gasteiger partial charge in [0.25, 0.3) is 11.8 Å². The molecule has 0 aliphatic rings. The Morgan fingerprint density at radius 1 is 1.09 bits per heavy atom. The van der Waals surface area contributed by atoms with E-state index in [0.29, 0.717) is 11.1 Å². The van der Waals surface area contributed by atoms with Crippen LogP contribution in [0, 0.1) is 19.3 Å². The second-order valence-electron chi connectivity index (χ2n) is 9.25. The summed E-state index contributed by atoms with van der Waals surface area (Å²) in [5.41, 5.74) is 7.95. The SMILES string of the molecule is C.C=Cc1ccc(C(=O)NN(C(=O)c2cc(C)cc(C)c2)C(CC)C(C)(C)C)cc1BC. The fraction of sp³-hybridized carbons (Fsp3) is 0.407. The molecule has 0 saturated carbocycles. The zero-order chi connectivity index (χ0) is 23.3. The zero-order valence-corrected chi connectivity index (χ0v) is 20.0. The fourth-order valence-corrected chi connectivity index (χ4v) is 4.12. The molecule has 2 aromatic rings. The maximum Gasteiger partial charge on any atom is 0.272 e. The molecular formula is C27H39BN2O2. The van der Waals surface area contributed by atoms with Crippen molar-refractivity contribution < 1.29 is 9.59 Å². The van der Waals surface area contributed by atoms with Gasteiger partial charge in [-0.1, -0.05) is 89.4 Å². The fourth-order valence-electron chi connectivity index (χ4n) is 4.12. The lowest BCUT2D eigenvalue weighted by atomic mass is 9.70. The van der Waals surface area contributed by atoms with Gasteiger partial charge in [0.05, 0.1) is 6.04 Å². The van der Waals surface area contributed by atoms with Gasteiger partial charge in [0, 0.05) is 11.1 Å². The van der Waals surface area contributed by atoms with Gasteiger partial charge in [-0.3, -0.25) is 15.0 Å². The van der Waals surface area contributed by atoms with Crippen molar-refractivity contribution in [2.45, 2.75) is 68.3 Å². The van der Waals surface area contributed by atoms with Crippen molar-refractivity contribution in [3.63, 3.8) is 0 Å². The molecule has 1 N–H and O–H groups in total. The lowest BCUT2D eigenvalue weighted by Crippen LogP contribution is -2.56. The molecule has 0 heterocycles. The molecule has 0 aliphatic heterocycles. The number of rotatable bonds is 6. The number of hydrogen-bond donors (Lipinski definition) is 1. The molecule has 2 aromatic carbocycles. The topological polar surface area (TPSA) is 49.4 Å². The quantitative estimate of drug-likeness (QED) is 0.495. The summed E-state index contributed by atoms with van der Waals surface area (Å²) < 4.78 is 0. The number of carbonyl (C=O) groups is 2. The second kappa shape index (κ2) is 11.2. The molecular weight excluding hydrogens is 395 g/mol. The maximum absolute atomic E-state index is 13.6. The summed E-state index contributed by atoms with van der Waals surface area (Å²) in [7, 11) is 0.799. The van der Waals surface area contributed by atoms with Crippen LogP contribution < -0.4 is 10.9 Å². The van der Waals surface area contributed by atoms with E-state index < -0.39 is 0 Å². The van der Waals surface area contributed by atoms with Gasteiger partial charge >= 0.3 is 0 Å². The Kier molecular flexibility index (Phi) is 9.50. The molecule has 1 unspecified atom stereocenters. The summed E-state index contributed by atoms with van der Waals surface area (Å²) in [6, 6.07) is 11.2. The molecule has 5 heteroatoms. The molecule has 0 radical (unpaired) electrons. The van der Waals surface area contributed by atoms with E-state index in [1.54, 1.807) is 12.1 Å². The Morgan fingerprint density at radius 3 is 2.16 bits per heavy atom. The van der Waals surface area contributed by atoms with Crippen molar-refractivity contribution in [2.75, 3.05) is 0 Å². The van der Waals surface area contributed by atoms with Crippen molar-refractivity contribution in [3.05, 3.63) is 70.8 Å². The molecule has 2 amide bonds. The van der Waals surface area contributed by atoms with Crippen LogP contribution in [0.15, 0.2) is 43.0 Å². The zero-order valence-electron chi connectivity index (χ0n) is 20.0. The minimum Gasteiger partial charge on any atom is -0.267 e. The smallest absolute Gasteiger partial charge is 0.267 e. The van der Waals surface area contributed by atoms with E-state index in [0.717, 1.165) is 35.9 Å². The van der Waals surface area contributed by atoms with Crippen LogP contribution in [-0.2, 0) is 0 Å². The number of hydrazine groups is 1. The van der Waals surface area contributed by atoms with Crippen molar-refractivity contribution in [3.8, 4) is 0 Å². The number of hydrogen-bond acceptors (Lipinski definition) is 2. The van der Waals surface area contributed by atoms with Crippen LogP contribution in [0.2, 0.25) is 6.82 Å². The van der Waals surface area contributed by atoms with E-state index in [1.807, 2.05) is 57.9 Å². The van der Waals surface area contributed by atoms with E-state index in [9.17, 15) is 9.59 Å². The highest BCUT2D eigenvalue weighted by Gasteiger charge is 2.34. The largest absolute Gasteiger partial charge is 0.272 e. The molecule has 0 spiro atoms. The van der Waals surface area contributed by atoms with Gasteiger partial charge in [-0.25, -0.2) is 5.01 Å². The summed E-state index contributed by atoms with van der Waals surface area (Å²) in [5.74, 6) is -0.480. The first-order chi connectivity index (χ1) is 14.5. The Morgan fingerprint density at radius 2 is 1.69 bits per heavy atom. The number of aryl methyl sites for hydroxylation is 2. The number of amides is 2. The monoisotopic (exact) mass is 434 g/mol. The third-order valence-corrected chi connectivity index (χ3v) is 5.61. The predicted octanol–water partition coefficient (Wildman–Crippen LogP) is 5.30. The summed E-state index contributed by atoms with van der Waals surface area (Å²) in [6.07, 6.45) is 2.51. The summed E-state index contributed by atoms with van der Waals surface area (Å²) in [5, 5.41) is 1.53. The van der Waals surface area contributed by atoms with Crippen molar-refractivity contribution >= 4 is 30.6 Å². The van der Waals surface area contributed by atoms with E-state index >= 15 is 0 Å². The number of nitrogens with zero attached hydrogens (tertiary/aromatic N) is 1. The van der Waals surface area contributed by atoms with Gasteiger partial charge in [0.1, 0.15) is 0 Å². The molecule has 0 fully saturated rings. The first kappa shape index (κ1) is 27.2. The van der Waals surface area contributed by atoms with Gasteiger partial charge < -0.3 is 0 Å². The molecule has 0 saturated heterocycles. The molecule has 1 atom stereocenters. The van der Waals surface area contributed by atoms with Crippen LogP contribution in [0.3, 0.4) is 0 Å². The van der Waals surface area contributed by atoms with Crippen LogP contribution in [0.5, 0.6) is 0 Å². The van der Waals surface area contributed by atoms with Gasteiger partial charge in [0.15, 0.2) is 7.28 Å². The first-order valence-corrected chi connectivity index (χ1v) is 11.0. The van der Waals surface area contributed by atoms with Crippen molar-refractivity contribution in [1.29, 1.82) is 0 Å². The average Bonchev–Trinajstić information content (AvgIpc) is 2.70. The van der Waals surface area contributed by atoms with E-state index in [2.05, 4.69) is 32.8 Å². The van der Waals surface area contributed by atoms with Crippen LogP contribution >= 0.6 is 0 Å². The Labute approximate surface area is 195 Å². The number of benzene rings is 2. The van der Waals surface area contributed by atoms with Gasteiger partial charge in [-0.15, -0.1) is 0 Å². The van der Waals surface area contributed by atoms with Gasteiger partial charge in [-0.05, 0) is 49.4 Å². The third-order valence-electron chi connectivity index (χ3n) is 5.61. The van der Waals surface area contributed by atoms with Crippen LogP contribution in [0.1, 0.15) is 78.9 Å². The number of nitrogens with one attached hydrogen (secondary N) is 1. The highest BCUT2D eigenvalue weighted by Crippen LogP contribution is 2.27. The first-order valence-electron chi connectivity index (χ1n) is 11.0. The Hall–Kier alpha value is -2.82. The summed E-state index contributed by atoms with van der Waals surface area (Å²) in [4.78, 5) is 26.8. The minimum atomic E-state index is -0.286. The summed E-state index contributed by atoms with van der Waals surface area (Å²) >= 11 is 0. The molecule has 0 aliphatic carbocycles. The van der Waals surface area contributed by atoms with Crippen LogP contribution in [0.4, 0.5) is 0 Å². The standard InChI is InChI=1S/C26H35BN2O2.CH4/c1-9-19-11-12-20(16-22(19)27-8)24(30)28-29(23(10-2)26(5,6)7)25(31)21-14-17(3)13-18(4)15-21;/h9,11-16,23,27H,1,10H2,2-8H3,(H,28,30);1H4. The van der Waals surface area contributed by atoms with Crippen molar-refractivity contribution in [1.82, 2.24) is 10.4 Å². The average molecular weight is 434 g/mol. The van der Waals surface area contributed by atoms with Gasteiger partial charge in [0.2, 0.25) is 0 Å². The van der Waals surface area contributed by atoms with Gasteiger partial charge in [-0.2, -0.15) is 0 Å². The van der Waals surface area contributed by atoms with Crippen molar-refractivity contribution in [2.24, 2.45) is 5.41 Å². The second-order valence-corrected chi connectivity index (χ2v) is 9.25. The molecule has 172 valence electrons. The molecule has 4 nitrogen and oxygen atoms in total. The van der Waals surface area contributed by atoms with Crippen LogP contribution in [-0.4, -0.2) is 30.1 Å². The highest BCUT2D eigenvalue weighted by atomic mass is 16.2. The van der Waals surface area contributed by atoms with E-state index in [4.69, 9.17) is 0 Å². The lowest BCUT2D eigenvalue weighted by Gasteiger charge is -2.39. The Bertz CT molecular complexity index is 956.